The van der Waals surface area contributed by atoms with Crippen LogP contribution in [0, 0.1) is 5.82 Å². The van der Waals surface area contributed by atoms with Crippen LogP contribution in [-0.2, 0) is 10.0 Å². The van der Waals surface area contributed by atoms with Crippen molar-refractivity contribution in [3.05, 3.63) is 12.0 Å². The van der Waals surface area contributed by atoms with Crippen LogP contribution in [0.3, 0.4) is 0 Å². The summed E-state index contributed by atoms with van der Waals surface area (Å²) in [5.74, 6) is 4.15. The summed E-state index contributed by atoms with van der Waals surface area (Å²) in [6.07, 6.45) is 0.935. The Morgan fingerprint density at radius 3 is 2.72 bits per heavy atom. The fourth-order valence-corrected chi connectivity index (χ4v) is 1.77. The molecule has 0 spiro atoms. The average Bonchev–Trinajstić information content (AvgIpc) is 2.31. The molecule has 0 aromatic carbocycles. The minimum Gasteiger partial charge on any atom is -0.366 e. The fraction of sp³-hybridized carbons (Fsp3) is 0.500. The molecule has 0 unspecified atom stereocenters. The van der Waals surface area contributed by atoms with Gasteiger partial charge in [0.15, 0.2) is 11.6 Å². The van der Waals surface area contributed by atoms with Crippen LogP contribution in [0.2, 0.25) is 0 Å². The number of hydrogen-bond acceptors (Lipinski definition) is 7. The van der Waals surface area contributed by atoms with Gasteiger partial charge in [-0.3, -0.25) is 5.43 Å². The molecule has 0 bridgehead atoms. The van der Waals surface area contributed by atoms with Crippen LogP contribution in [0.25, 0.3) is 0 Å². The lowest BCUT2D eigenvalue weighted by Gasteiger charge is -2.12. The third-order valence-corrected chi connectivity index (χ3v) is 3.91. The number of aromatic nitrogens is 2. The number of hydrazine groups is 1. The zero-order valence-corrected chi connectivity index (χ0v) is 10.8. The second-order valence-electron chi connectivity index (χ2n) is 3.56. The van der Waals surface area contributed by atoms with Crippen molar-refractivity contribution in [1.82, 2.24) is 14.3 Å². The summed E-state index contributed by atoms with van der Waals surface area (Å²) < 4.78 is 37.3. The van der Waals surface area contributed by atoms with Gasteiger partial charge in [-0.1, -0.05) is 0 Å². The lowest BCUT2D eigenvalue weighted by Crippen LogP contribution is -2.28. The van der Waals surface area contributed by atoms with E-state index in [0.29, 0.717) is 0 Å². The highest BCUT2D eigenvalue weighted by Gasteiger charge is 2.13. The van der Waals surface area contributed by atoms with E-state index >= 15 is 0 Å². The number of nitrogens with two attached hydrogens (primary N) is 1. The first kappa shape index (κ1) is 14.5. The van der Waals surface area contributed by atoms with Gasteiger partial charge in [-0.05, 0) is 0 Å². The Bertz CT molecular complexity index is 506. The minimum absolute atomic E-state index is 0.0262. The van der Waals surface area contributed by atoms with E-state index in [1.165, 1.54) is 14.1 Å². The molecule has 8 nitrogen and oxygen atoms in total. The molecule has 0 saturated carbocycles. The van der Waals surface area contributed by atoms with E-state index < -0.39 is 15.8 Å². The molecule has 4 N–H and O–H groups in total. The zero-order chi connectivity index (χ0) is 13.8. The average molecular weight is 278 g/mol. The van der Waals surface area contributed by atoms with Crippen molar-refractivity contribution >= 4 is 21.8 Å². The largest absolute Gasteiger partial charge is 0.366 e. The minimum atomic E-state index is -3.33. The van der Waals surface area contributed by atoms with Gasteiger partial charge in [0, 0.05) is 20.6 Å². The first-order chi connectivity index (χ1) is 8.36. The Kier molecular flexibility index (Phi) is 4.76. The van der Waals surface area contributed by atoms with Gasteiger partial charge in [0.2, 0.25) is 16.0 Å². The van der Waals surface area contributed by atoms with Crippen molar-refractivity contribution in [3.63, 3.8) is 0 Å². The molecule has 1 heterocycles. The molecule has 10 heteroatoms. The SMILES string of the molecule is CN(C)S(=O)(=O)CCNc1nc(NN)ncc1F. The summed E-state index contributed by atoms with van der Waals surface area (Å²) in [7, 11) is -0.477. The number of nitrogen functional groups attached to an aromatic ring is 1. The number of halogens is 1. The molecular weight excluding hydrogens is 263 g/mol. The van der Waals surface area contributed by atoms with E-state index in [1.807, 2.05) is 0 Å². The Morgan fingerprint density at radius 1 is 1.50 bits per heavy atom. The Balaban J connectivity index is 2.64. The Hall–Kier alpha value is -1.52. The summed E-state index contributed by atoms with van der Waals surface area (Å²) in [5.41, 5.74) is 2.16. The first-order valence-corrected chi connectivity index (χ1v) is 6.61. The number of anilines is 2. The predicted molar refractivity (Wildman–Crippen MR) is 65.8 cm³/mol. The van der Waals surface area contributed by atoms with E-state index in [1.54, 1.807) is 0 Å². The van der Waals surface area contributed by atoms with Crippen molar-refractivity contribution in [2.45, 2.75) is 0 Å². The maximum absolute atomic E-state index is 13.3. The zero-order valence-electron chi connectivity index (χ0n) is 10.0. The van der Waals surface area contributed by atoms with Gasteiger partial charge in [-0.15, -0.1) is 0 Å². The smallest absolute Gasteiger partial charge is 0.239 e. The molecule has 18 heavy (non-hydrogen) atoms. The molecule has 0 amide bonds. The molecule has 0 saturated heterocycles. The molecule has 0 aliphatic heterocycles. The highest BCUT2D eigenvalue weighted by Crippen LogP contribution is 2.10. The van der Waals surface area contributed by atoms with E-state index in [0.717, 1.165) is 10.5 Å². The Morgan fingerprint density at radius 2 is 2.17 bits per heavy atom. The number of nitrogens with zero attached hydrogens (tertiary/aromatic N) is 3. The number of rotatable bonds is 6. The van der Waals surface area contributed by atoms with Gasteiger partial charge >= 0.3 is 0 Å². The van der Waals surface area contributed by atoms with E-state index in [9.17, 15) is 12.8 Å². The van der Waals surface area contributed by atoms with Crippen LogP contribution in [0.1, 0.15) is 0 Å². The normalized spacial score (nSPS) is 11.6. The first-order valence-electron chi connectivity index (χ1n) is 5.00. The van der Waals surface area contributed by atoms with E-state index in [-0.39, 0.29) is 24.1 Å². The summed E-state index contributed by atoms with van der Waals surface area (Å²) in [5, 5.41) is 2.57. The highest BCUT2D eigenvalue weighted by atomic mass is 32.2. The van der Waals surface area contributed by atoms with Crippen molar-refractivity contribution < 1.29 is 12.8 Å². The summed E-state index contributed by atoms with van der Waals surface area (Å²) >= 11 is 0. The van der Waals surface area contributed by atoms with Gasteiger partial charge in [0.05, 0.1) is 11.9 Å². The van der Waals surface area contributed by atoms with Crippen molar-refractivity contribution in [3.8, 4) is 0 Å². The second kappa shape index (κ2) is 5.89. The molecule has 0 aliphatic carbocycles. The molecule has 102 valence electrons. The second-order valence-corrected chi connectivity index (χ2v) is 5.86. The van der Waals surface area contributed by atoms with Crippen LogP contribution in [0.15, 0.2) is 6.20 Å². The van der Waals surface area contributed by atoms with Crippen molar-refractivity contribution in [2.75, 3.05) is 37.1 Å². The van der Waals surface area contributed by atoms with Gasteiger partial charge in [-0.2, -0.15) is 4.98 Å². The number of sulfonamides is 1. The fourth-order valence-electron chi connectivity index (χ4n) is 1.04. The van der Waals surface area contributed by atoms with Crippen LogP contribution in [0.4, 0.5) is 16.2 Å². The van der Waals surface area contributed by atoms with Crippen molar-refractivity contribution in [2.24, 2.45) is 5.84 Å². The molecule has 1 aromatic heterocycles. The Labute approximate surface area is 104 Å². The van der Waals surface area contributed by atoms with Crippen LogP contribution >= 0.6 is 0 Å². The third-order valence-electron chi connectivity index (χ3n) is 2.08. The lowest BCUT2D eigenvalue weighted by molar-refractivity contribution is 0.521. The number of hydrogen-bond donors (Lipinski definition) is 3. The third kappa shape index (κ3) is 3.75. The molecule has 0 radical (unpaired) electrons. The maximum Gasteiger partial charge on any atom is 0.239 e. The van der Waals surface area contributed by atoms with Gasteiger partial charge < -0.3 is 5.32 Å². The summed E-state index contributed by atoms with van der Waals surface area (Å²) in [6, 6.07) is 0. The summed E-state index contributed by atoms with van der Waals surface area (Å²) in [6.45, 7) is 0.0262. The van der Waals surface area contributed by atoms with Crippen LogP contribution in [-0.4, -0.2) is 49.1 Å². The maximum atomic E-state index is 13.3. The van der Waals surface area contributed by atoms with Crippen molar-refractivity contribution in [1.29, 1.82) is 0 Å². The standard InChI is InChI=1S/C8H15FN6O2S/c1-15(2)18(16,17)4-3-11-7-6(9)5-12-8(13-7)14-10/h5H,3-4,10H2,1-2H3,(H2,11,12,13,14). The molecule has 0 aliphatic rings. The molecule has 1 aromatic rings. The lowest BCUT2D eigenvalue weighted by atomic mass is 10.5. The van der Waals surface area contributed by atoms with E-state index in [2.05, 4.69) is 20.7 Å². The van der Waals surface area contributed by atoms with Gasteiger partial charge in [0.1, 0.15) is 0 Å². The molecule has 1 rings (SSSR count). The van der Waals surface area contributed by atoms with Crippen LogP contribution < -0.4 is 16.6 Å². The van der Waals surface area contributed by atoms with Gasteiger partial charge in [0.25, 0.3) is 0 Å². The van der Waals surface area contributed by atoms with Crippen LogP contribution in [0.5, 0.6) is 0 Å². The monoisotopic (exact) mass is 278 g/mol. The quantitative estimate of drug-likeness (QED) is 0.461. The topological polar surface area (TPSA) is 113 Å². The molecule has 0 atom stereocenters. The highest BCUT2D eigenvalue weighted by molar-refractivity contribution is 7.89. The van der Waals surface area contributed by atoms with E-state index in [4.69, 9.17) is 5.84 Å². The van der Waals surface area contributed by atoms with Gasteiger partial charge in [-0.25, -0.2) is 27.9 Å². The molecular formula is C8H15FN6O2S. The molecule has 0 fully saturated rings. The summed E-state index contributed by atoms with van der Waals surface area (Å²) in [4.78, 5) is 7.27. The number of nitrogens with one attached hydrogen (secondary N) is 2. The predicted octanol–water partition coefficient (Wildman–Crippen LogP) is -0.795.